The lowest BCUT2D eigenvalue weighted by atomic mass is 10.1. The van der Waals surface area contributed by atoms with Gasteiger partial charge in [-0.15, -0.1) is 0 Å². The summed E-state index contributed by atoms with van der Waals surface area (Å²) in [6.45, 7) is 0. The van der Waals surface area contributed by atoms with Gasteiger partial charge in [-0.25, -0.2) is 0 Å². The monoisotopic (exact) mass is 247 g/mol. The Balaban J connectivity index is 2.37. The van der Waals surface area contributed by atoms with E-state index >= 15 is 0 Å². The molecule has 2 rings (SSSR count). The first kappa shape index (κ1) is 12.7. The molecule has 0 amide bonds. The molecule has 92 valence electrons. The van der Waals surface area contributed by atoms with Gasteiger partial charge < -0.3 is 9.90 Å². The summed E-state index contributed by atoms with van der Waals surface area (Å²) in [5.74, 6) is 4.56. The molecule has 0 saturated carbocycles. The van der Waals surface area contributed by atoms with Crippen LogP contribution >= 0.6 is 0 Å². The number of carboxylic acid groups (broad SMARTS) is 1. The highest BCUT2D eigenvalue weighted by Crippen LogP contribution is 2.12. The van der Waals surface area contributed by atoms with Gasteiger partial charge in [-0.1, -0.05) is 60.4 Å². The minimum Gasteiger partial charge on any atom is -0.545 e. The van der Waals surface area contributed by atoms with Crippen LogP contribution in [0.2, 0.25) is 0 Å². The molecule has 2 aromatic carbocycles. The average molecular weight is 247 g/mol. The molecule has 0 spiro atoms. The van der Waals surface area contributed by atoms with E-state index in [1.165, 1.54) is 0 Å². The first-order chi connectivity index (χ1) is 9.25. The second-order valence-electron chi connectivity index (χ2n) is 3.86. The minimum atomic E-state index is -1.25. The Bertz CT molecular complexity index is 644. The Morgan fingerprint density at radius 1 is 0.947 bits per heavy atom. The topological polar surface area (TPSA) is 40.1 Å². The van der Waals surface area contributed by atoms with E-state index in [0.717, 1.165) is 17.2 Å². The molecule has 0 bridgehead atoms. The van der Waals surface area contributed by atoms with Gasteiger partial charge in [0.1, 0.15) is 0 Å². The van der Waals surface area contributed by atoms with Crippen molar-refractivity contribution >= 4 is 11.5 Å². The number of hydrogen-bond donors (Lipinski definition) is 0. The second kappa shape index (κ2) is 6.23. The number of allylic oxidation sites excluding steroid dienone is 1. The maximum absolute atomic E-state index is 10.7. The standard InChI is InChI=1S/C17H12O2/c18-17(19)13-16(15-9-5-2-6-10-15)12-11-14-7-3-1-4-8-14/h1-10,13H,(H,18,19)/p-1/b16-13-. The third-order valence-electron chi connectivity index (χ3n) is 2.46. The fourth-order valence-electron chi connectivity index (χ4n) is 1.59. The molecule has 2 nitrogen and oxygen atoms in total. The second-order valence-corrected chi connectivity index (χ2v) is 3.86. The smallest absolute Gasteiger partial charge is 0.0655 e. The predicted molar refractivity (Wildman–Crippen MR) is 72.7 cm³/mol. The van der Waals surface area contributed by atoms with Crippen LogP contribution in [0.1, 0.15) is 11.1 Å². The quantitative estimate of drug-likeness (QED) is 0.600. The number of carbonyl (C=O) groups excluding carboxylic acids is 1. The van der Waals surface area contributed by atoms with Crippen molar-refractivity contribution in [2.24, 2.45) is 0 Å². The molecule has 0 aromatic heterocycles. The number of benzene rings is 2. The lowest BCUT2D eigenvalue weighted by Gasteiger charge is -2.01. The van der Waals surface area contributed by atoms with Crippen molar-refractivity contribution in [3.63, 3.8) is 0 Å². The number of carboxylic acids is 1. The van der Waals surface area contributed by atoms with Gasteiger partial charge in [0.2, 0.25) is 0 Å². The van der Waals surface area contributed by atoms with Crippen molar-refractivity contribution in [1.82, 2.24) is 0 Å². The van der Waals surface area contributed by atoms with Crippen LogP contribution < -0.4 is 5.11 Å². The summed E-state index contributed by atoms with van der Waals surface area (Å²) in [6, 6.07) is 18.6. The summed E-state index contributed by atoms with van der Waals surface area (Å²) in [7, 11) is 0. The molecule has 0 aliphatic rings. The van der Waals surface area contributed by atoms with E-state index in [9.17, 15) is 9.90 Å². The number of rotatable bonds is 2. The van der Waals surface area contributed by atoms with Crippen molar-refractivity contribution in [2.45, 2.75) is 0 Å². The summed E-state index contributed by atoms with van der Waals surface area (Å²) in [5.41, 5.74) is 2.03. The summed E-state index contributed by atoms with van der Waals surface area (Å²) in [6.07, 6.45) is 1.02. The van der Waals surface area contributed by atoms with E-state index in [-0.39, 0.29) is 0 Å². The van der Waals surface area contributed by atoms with Gasteiger partial charge in [0.15, 0.2) is 0 Å². The molecule has 0 N–H and O–H groups in total. The fraction of sp³-hybridized carbons (Fsp3) is 0. The molecular weight excluding hydrogens is 236 g/mol. The number of aliphatic carboxylic acids is 1. The number of carbonyl (C=O) groups is 1. The van der Waals surface area contributed by atoms with Crippen molar-refractivity contribution in [2.75, 3.05) is 0 Å². The SMILES string of the molecule is O=C([O-])/C=C(/C#Cc1ccccc1)c1ccccc1. The van der Waals surface area contributed by atoms with Crippen molar-refractivity contribution in [3.05, 3.63) is 77.9 Å². The lowest BCUT2D eigenvalue weighted by Crippen LogP contribution is -2.19. The fourth-order valence-corrected chi connectivity index (χ4v) is 1.59. The zero-order chi connectivity index (χ0) is 13.5. The summed E-state index contributed by atoms with van der Waals surface area (Å²) >= 11 is 0. The van der Waals surface area contributed by atoms with Crippen LogP contribution in [0.25, 0.3) is 5.57 Å². The Morgan fingerprint density at radius 2 is 1.53 bits per heavy atom. The highest BCUT2D eigenvalue weighted by molar-refractivity contribution is 5.94. The van der Waals surface area contributed by atoms with Crippen LogP contribution in [-0.4, -0.2) is 5.97 Å². The van der Waals surface area contributed by atoms with Crippen LogP contribution in [-0.2, 0) is 4.79 Å². The molecule has 0 heterocycles. The van der Waals surface area contributed by atoms with Crippen molar-refractivity contribution in [1.29, 1.82) is 0 Å². The van der Waals surface area contributed by atoms with Crippen LogP contribution in [0, 0.1) is 11.8 Å². The van der Waals surface area contributed by atoms with E-state index < -0.39 is 5.97 Å². The van der Waals surface area contributed by atoms with Gasteiger partial charge in [-0.2, -0.15) is 0 Å². The van der Waals surface area contributed by atoms with E-state index in [0.29, 0.717) is 5.57 Å². The first-order valence-corrected chi connectivity index (χ1v) is 5.81. The number of hydrogen-bond acceptors (Lipinski definition) is 2. The molecule has 0 radical (unpaired) electrons. The third-order valence-corrected chi connectivity index (χ3v) is 2.46. The average Bonchev–Trinajstić information content (AvgIpc) is 2.45. The van der Waals surface area contributed by atoms with Crippen LogP contribution in [0.15, 0.2) is 66.7 Å². The van der Waals surface area contributed by atoms with Crippen LogP contribution in [0.4, 0.5) is 0 Å². The maximum atomic E-state index is 10.7. The molecule has 0 unspecified atom stereocenters. The Kier molecular flexibility index (Phi) is 4.15. The van der Waals surface area contributed by atoms with Crippen molar-refractivity contribution in [3.8, 4) is 11.8 Å². The van der Waals surface area contributed by atoms with Gasteiger partial charge >= 0.3 is 0 Å². The predicted octanol–water partition coefficient (Wildman–Crippen LogP) is 1.87. The molecule has 0 atom stereocenters. The Morgan fingerprint density at radius 3 is 2.11 bits per heavy atom. The lowest BCUT2D eigenvalue weighted by molar-refractivity contribution is -0.297. The summed E-state index contributed by atoms with van der Waals surface area (Å²) in [5, 5.41) is 10.7. The van der Waals surface area contributed by atoms with E-state index in [4.69, 9.17) is 0 Å². The van der Waals surface area contributed by atoms with Gasteiger partial charge in [-0.3, -0.25) is 0 Å². The molecule has 0 aliphatic heterocycles. The van der Waals surface area contributed by atoms with Gasteiger partial charge in [0.25, 0.3) is 0 Å². The molecule has 19 heavy (non-hydrogen) atoms. The Labute approximate surface area is 112 Å². The minimum absolute atomic E-state index is 0.435. The highest BCUT2D eigenvalue weighted by atomic mass is 16.4. The third kappa shape index (κ3) is 3.86. The first-order valence-electron chi connectivity index (χ1n) is 5.81. The molecule has 2 aromatic rings. The molecule has 0 fully saturated rings. The summed E-state index contributed by atoms with van der Waals surface area (Å²) < 4.78 is 0. The van der Waals surface area contributed by atoms with Crippen LogP contribution in [0.5, 0.6) is 0 Å². The van der Waals surface area contributed by atoms with E-state index in [2.05, 4.69) is 11.8 Å². The highest BCUT2D eigenvalue weighted by Gasteiger charge is 1.97. The largest absolute Gasteiger partial charge is 0.545 e. The molecule has 2 heteroatoms. The van der Waals surface area contributed by atoms with E-state index in [1.807, 2.05) is 60.7 Å². The van der Waals surface area contributed by atoms with Gasteiger partial charge in [-0.05, 0) is 23.8 Å². The normalized spacial score (nSPS) is 10.4. The van der Waals surface area contributed by atoms with Gasteiger partial charge in [0.05, 0.1) is 5.97 Å². The zero-order valence-corrected chi connectivity index (χ0v) is 10.2. The molecular formula is C17H11O2-. The Hall–Kier alpha value is -2.79. The van der Waals surface area contributed by atoms with E-state index in [1.54, 1.807) is 0 Å². The van der Waals surface area contributed by atoms with Gasteiger partial charge in [0, 0.05) is 11.1 Å². The molecule has 0 aliphatic carbocycles. The maximum Gasteiger partial charge on any atom is 0.0655 e. The van der Waals surface area contributed by atoms with Crippen LogP contribution in [0.3, 0.4) is 0 Å². The zero-order valence-electron chi connectivity index (χ0n) is 10.2. The van der Waals surface area contributed by atoms with Crippen molar-refractivity contribution < 1.29 is 9.90 Å². The summed E-state index contributed by atoms with van der Waals surface area (Å²) in [4.78, 5) is 10.7. The molecule has 0 saturated heterocycles.